The number of aliphatic carboxylic acids is 2. The smallest absolute Gasteiger partial charge is 0.328 e. The molecule has 11 amide bonds. The van der Waals surface area contributed by atoms with Crippen LogP contribution in [0.2, 0.25) is 0 Å². The van der Waals surface area contributed by atoms with E-state index in [4.69, 9.17) is 22.9 Å². The fourth-order valence-corrected chi connectivity index (χ4v) is 8.68. The van der Waals surface area contributed by atoms with Crippen molar-refractivity contribution in [3.63, 3.8) is 0 Å². The average molecular weight is 1180 g/mol. The van der Waals surface area contributed by atoms with Gasteiger partial charge in [-0.05, 0) is 74.4 Å². The van der Waals surface area contributed by atoms with Crippen LogP contribution in [-0.4, -0.2) is 184 Å². The van der Waals surface area contributed by atoms with Crippen LogP contribution in [0.4, 0.5) is 0 Å². The largest absolute Gasteiger partial charge is 0.508 e. The number of carboxylic acids is 2. The van der Waals surface area contributed by atoms with Gasteiger partial charge in [-0.2, -0.15) is 0 Å². The van der Waals surface area contributed by atoms with E-state index in [0.717, 1.165) is 11.8 Å². The molecule has 0 aliphatic carbocycles. The van der Waals surface area contributed by atoms with Crippen LogP contribution < -0.4 is 60.2 Å². The maximum Gasteiger partial charge on any atom is 0.328 e. The Balaban J connectivity index is 1.63. The molecule has 4 rings (SSSR count). The number of likely N-dealkylation sites (tertiary alicyclic amines) is 1. The summed E-state index contributed by atoms with van der Waals surface area (Å²) >= 11 is 0. The summed E-state index contributed by atoms with van der Waals surface area (Å²) in [6.45, 7) is 1.03. The summed E-state index contributed by atoms with van der Waals surface area (Å²) in [6, 6.07) is -3.89. The van der Waals surface area contributed by atoms with Crippen LogP contribution in [0, 0.1) is 0 Å². The SMILES string of the molecule is C[C@@H](O)[C@H](NC(=O)[C@H](Cc1ccc(O)cc1)NC(=O)[C@@H]1CCCN1C(=O)[C@H](Cc1ccc(O)cc1)NC(=O)[C@H](CCC(=O)O)NC(=O)[C@H](CC(N)=O)NC(=O)[C@H](Cc1cnc[nH]1)NC(=O)[C@H](CCC(N)=O)NC(=O)[C@@H](N)CCC(N)=O)C(=O)O. The Hall–Kier alpha value is -9.72. The number of benzene rings is 2. The molecule has 10 atom stereocenters. The molecular formula is C52H70N14O18. The molecule has 84 heavy (non-hydrogen) atoms. The standard InChI is InChI=1S/C52H70N14O18/c1-25(67)43(52(83)84)65-49(80)34(19-26-4-8-29(68)9-5-26)63-50(81)38-3-2-18-66(38)51(82)37(20-27-6-10-30(69)11-7-27)64-46(77)33(14-17-42(73)74)60-48(79)36(22-41(56)72)62-47(78)35(21-28-23-57-24-58-28)61-45(76)32(13-16-40(55)71)59-44(75)31(53)12-15-39(54)70/h4-11,23-25,31-38,43,67-69H,2-3,12-22,53H2,1H3,(H2,54,70)(H2,55,71)(H2,56,72)(H,57,58)(H,59,75)(H,60,79)(H,61,76)(H,62,78)(H,63,81)(H,64,77)(H,65,80)(H,73,74)(H,83,84)/t25-,31+,32+,33+,34+,35+,36+,37+,38+,43+/m1/s1. The summed E-state index contributed by atoms with van der Waals surface area (Å²) in [7, 11) is 0. The van der Waals surface area contributed by atoms with Gasteiger partial charge in [0.15, 0.2) is 6.04 Å². The molecular weight excluding hydrogens is 1110 g/mol. The number of aromatic amines is 1. The van der Waals surface area contributed by atoms with Crippen LogP contribution in [0.5, 0.6) is 11.5 Å². The number of carboxylic acid groups (broad SMARTS) is 2. The van der Waals surface area contributed by atoms with Gasteiger partial charge in [0.2, 0.25) is 65.0 Å². The lowest BCUT2D eigenvalue weighted by Crippen LogP contribution is -2.61. The highest BCUT2D eigenvalue weighted by Gasteiger charge is 2.41. The van der Waals surface area contributed by atoms with Crippen LogP contribution in [0.25, 0.3) is 0 Å². The van der Waals surface area contributed by atoms with Crippen LogP contribution >= 0.6 is 0 Å². The lowest BCUT2D eigenvalue weighted by Gasteiger charge is -2.31. The number of H-pyrrole nitrogens is 1. The first-order valence-corrected chi connectivity index (χ1v) is 26.3. The van der Waals surface area contributed by atoms with E-state index in [1.807, 2.05) is 0 Å². The number of imidazole rings is 1. The van der Waals surface area contributed by atoms with Crippen molar-refractivity contribution in [1.82, 2.24) is 52.1 Å². The van der Waals surface area contributed by atoms with Crippen molar-refractivity contribution in [2.75, 3.05) is 6.54 Å². The summed E-state index contributed by atoms with van der Waals surface area (Å²) in [4.78, 5) is 179. The first-order chi connectivity index (χ1) is 39.6. The molecule has 0 radical (unpaired) electrons. The summed E-state index contributed by atoms with van der Waals surface area (Å²) in [6.07, 6.45) is -3.69. The van der Waals surface area contributed by atoms with E-state index in [2.05, 4.69) is 47.2 Å². The van der Waals surface area contributed by atoms with Gasteiger partial charge < -0.3 is 95.6 Å². The second kappa shape index (κ2) is 32.1. The molecule has 21 N–H and O–H groups in total. The Morgan fingerprint density at radius 3 is 1.57 bits per heavy atom. The van der Waals surface area contributed by atoms with E-state index < -0.39 is 176 Å². The summed E-state index contributed by atoms with van der Waals surface area (Å²) in [5, 5.41) is 65.9. The number of nitrogens with two attached hydrogens (primary N) is 4. The average Bonchev–Trinajstić information content (AvgIpc) is 4.10. The Morgan fingerprint density at radius 1 is 0.595 bits per heavy atom. The molecule has 0 saturated carbocycles. The molecule has 0 unspecified atom stereocenters. The van der Waals surface area contributed by atoms with Crippen LogP contribution in [-0.2, 0) is 81.6 Å². The topological polar surface area (TPSA) is 543 Å². The number of nitrogens with one attached hydrogen (secondary N) is 8. The Kier molecular flexibility index (Phi) is 25.5. The van der Waals surface area contributed by atoms with Crippen molar-refractivity contribution in [2.24, 2.45) is 22.9 Å². The number of rotatable bonds is 34. The number of carbonyl (C=O) groups is 13. The van der Waals surface area contributed by atoms with Gasteiger partial charge in [-0.15, -0.1) is 0 Å². The number of hydrogen-bond acceptors (Lipinski definition) is 18. The normalized spacial score (nSPS) is 16.0. The Labute approximate surface area is 479 Å². The quantitative estimate of drug-likeness (QED) is 0.0265. The van der Waals surface area contributed by atoms with Gasteiger partial charge in [0, 0.05) is 57.0 Å². The molecule has 32 nitrogen and oxygen atoms in total. The minimum absolute atomic E-state index is 0.00788. The van der Waals surface area contributed by atoms with Gasteiger partial charge in [0.05, 0.1) is 24.9 Å². The number of phenols is 2. The number of primary amides is 3. The third-order valence-electron chi connectivity index (χ3n) is 13.2. The van der Waals surface area contributed by atoms with E-state index >= 15 is 0 Å². The molecule has 0 bridgehead atoms. The van der Waals surface area contributed by atoms with E-state index in [1.165, 1.54) is 61.1 Å². The summed E-state index contributed by atoms with van der Waals surface area (Å²) in [5.74, 6) is -14.7. The number of nitrogens with zero attached hydrogens (tertiary/aromatic N) is 2. The molecule has 0 spiro atoms. The number of aromatic nitrogens is 2. The number of aliphatic hydroxyl groups is 1. The van der Waals surface area contributed by atoms with Crippen LogP contribution in [0.3, 0.4) is 0 Å². The van der Waals surface area contributed by atoms with Crippen molar-refractivity contribution in [1.29, 1.82) is 0 Å². The van der Waals surface area contributed by atoms with Gasteiger partial charge in [-0.3, -0.25) is 57.5 Å². The van der Waals surface area contributed by atoms with Gasteiger partial charge in [-0.1, -0.05) is 24.3 Å². The van der Waals surface area contributed by atoms with E-state index in [9.17, 15) is 87.9 Å². The van der Waals surface area contributed by atoms with Gasteiger partial charge in [0.1, 0.15) is 53.8 Å². The molecule has 32 heteroatoms. The second-order valence-corrected chi connectivity index (χ2v) is 19.9. The van der Waals surface area contributed by atoms with Crippen molar-refractivity contribution < 1.29 is 87.9 Å². The summed E-state index contributed by atoms with van der Waals surface area (Å²) < 4.78 is 0. The zero-order chi connectivity index (χ0) is 62.4. The van der Waals surface area contributed by atoms with Gasteiger partial charge >= 0.3 is 11.9 Å². The molecule has 456 valence electrons. The minimum atomic E-state index is -1.97. The minimum Gasteiger partial charge on any atom is -0.508 e. The number of amides is 11. The van der Waals surface area contributed by atoms with Crippen LogP contribution in [0.1, 0.15) is 81.5 Å². The molecule has 2 heterocycles. The molecule has 1 aliphatic heterocycles. The number of hydrogen-bond donors (Lipinski definition) is 17. The zero-order valence-electron chi connectivity index (χ0n) is 45.5. The van der Waals surface area contributed by atoms with Crippen molar-refractivity contribution in [2.45, 2.75) is 144 Å². The molecule has 3 aromatic rings. The number of aliphatic hydroxyl groups excluding tert-OH is 1. The fraction of sp³-hybridized carbons (Fsp3) is 0.462. The third-order valence-corrected chi connectivity index (χ3v) is 13.2. The first-order valence-electron chi connectivity index (χ1n) is 26.3. The van der Waals surface area contributed by atoms with Crippen molar-refractivity contribution in [3.8, 4) is 11.5 Å². The highest BCUT2D eigenvalue weighted by molar-refractivity contribution is 5.99. The molecule has 1 fully saturated rings. The van der Waals surface area contributed by atoms with Crippen molar-refractivity contribution in [3.05, 3.63) is 77.9 Å². The highest BCUT2D eigenvalue weighted by Crippen LogP contribution is 2.22. The number of phenolic OH excluding ortho intramolecular Hbond substituents is 2. The Morgan fingerprint density at radius 2 is 1.06 bits per heavy atom. The number of aromatic hydroxyl groups is 2. The van der Waals surface area contributed by atoms with Gasteiger partial charge in [0.25, 0.3) is 0 Å². The predicted octanol–water partition coefficient (Wildman–Crippen LogP) is -5.70. The van der Waals surface area contributed by atoms with Crippen LogP contribution in [0.15, 0.2) is 61.1 Å². The molecule has 1 aliphatic rings. The van der Waals surface area contributed by atoms with E-state index in [0.29, 0.717) is 11.1 Å². The Bertz CT molecular complexity index is 2850. The lowest BCUT2D eigenvalue weighted by atomic mass is 10.0. The fourth-order valence-electron chi connectivity index (χ4n) is 8.68. The first kappa shape index (κ1) is 66.8. The maximum absolute atomic E-state index is 14.8. The number of carbonyl (C=O) groups excluding carboxylic acids is 11. The molecule has 1 aromatic heterocycles. The second-order valence-electron chi connectivity index (χ2n) is 19.9. The maximum atomic E-state index is 14.8. The van der Waals surface area contributed by atoms with Gasteiger partial charge in [-0.25, -0.2) is 9.78 Å². The zero-order valence-corrected chi connectivity index (χ0v) is 45.5. The third kappa shape index (κ3) is 21.6. The lowest BCUT2D eigenvalue weighted by molar-refractivity contribution is -0.145. The molecule has 1 saturated heterocycles. The van der Waals surface area contributed by atoms with Crippen molar-refractivity contribution >= 4 is 76.9 Å². The van der Waals surface area contributed by atoms with E-state index in [1.54, 1.807) is 0 Å². The predicted molar refractivity (Wildman–Crippen MR) is 289 cm³/mol. The summed E-state index contributed by atoms with van der Waals surface area (Å²) in [5.41, 5.74) is 22.8. The monoisotopic (exact) mass is 1180 g/mol. The molecule has 2 aromatic carbocycles. The van der Waals surface area contributed by atoms with E-state index in [-0.39, 0.29) is 62.3 Å². The highest BCUT2D eigenvalue weighted by atomic mass is 16.4.